The van der Waals surface area contributed by atoms with Crippen LogP contribution in [0.4, 0.5) is 5.69 Å². The number of anilines is 1. The first-order valence-corrected chi connectivity index (χ1v) is 10.1. The summed E-state index contributed by atoms with van der Waals surface area (Å²) in [6.45, 7) is 0.627. The summed E-state index contributed by atoms with van der Waals surface area (Å²) in [5.74, 6) is -0.0148. The fourth-order valence-corrected chi connectivity index (χ4v) is 4.25. The third-order valence-electron chi connectivity index (χ3n) is 4.70. The number of benzene rings is 2. The molecule has 0 bridgehead atoms. The van der Waals surface area contributed by atoms with Crippen LogP contribution < -0.4 is 5.73 Å². The molecule has 0 aliphatic carbocycles. The summed E-state index contributed by atoms with van der Waals surface area (Å²) in [7, 11) is 3.53. The topological polar surface area (TPSA) is 64.2 Å². The number of carbonyl (C=O) groups is 1. The highest BCUT2D eigenvalue weighted by Gasteiger charge is 2.15. The Morgan fingerprint density at radius 2 is 1.86 bits per heavy atom. The first kappa shape index (κ1) is 19.1. The van der Waals surface area contributed by atoms with Crippen LogP contribution in [0.5, 0.6) is 0 Å². The molecule has 4 aromatic rings. The molecule has 2 heterocycles. The average molecular weight is 403 g/mol. The van der Waals surface area contributed by atoms with Crippen LogP contribution in [-0.2, 0) is 6.54 Å². The van der Waals surface area contributed by atoms with Crippen molar-refractivity contribution >= 4 is 34.3 Å². The molecule has 0 atom stereocenters. The summed E-state index contributed by atoms with van der Waals surface area (Å²) in [5.41, 5.74) is 9.53. The predicted octanol–water partition coefficient (Wildman–Crippen LogP) is 4.52. The number of fused-ring (bicyclic) bond motifs is 1. The monoisotopic (exact) mass is 402 g/mol. The highest BCUT2D eigenvalue weighted by Crippen LogP contribution is 2.38. The van der Waals surface area contributed by atoms with E-state index in [1.807, 2.05) is 60.7 Å². The Morgan fingerprint density at radius 1 is 1.07 bits per heavy atom. The number of aromatic nitrogens is 2. The SMILES string of the molecule is CN(C)C(=O)c1ccc2c(Sc3ccccc3N)cn(Cc3ccccn3)c2c1. The first-order valence-electron chi connectivity index (χ1n) is 9.30. The van der Waals surface area contributed by atoms with E-state index in [0.29, 0.717) is 12.1 Å². The molecule has 2 aromatic carbocycles. The molecule has 6 heteroatoms. The number of rotatable bonds is 5. The maximum atomic E-state index is 12.5. The summed E-state index contributed by atoms with van der Waals surface area (Å²) < 4.78 is 2.14. The second-order valence-corrected chi connectivity index (χ2v) is 8.10. The Bertz CT molecular complexity index is 1170. The molecule has 29 heavy (non-hydrogen) atoms. The van der Waals surface area contributed by atoms with E-state index >= 15 is 0 Å². The van der Waals surface area contributed by atoms with E-state index in [1.54, 1.807) is 37.0 Å². The zero-order valence-electron chi connectivity index (χ0n) is 16.4. The Morgan fingerprint density at radius 3 is 2.59 bits per heavy atom. The Kier molecular flexibility index (Phi) is 5.27. The number of carbonyl (C=O) groups excluding carboxylic acids is 1. The van der Waals surface area contributed by atoms with Crippen LogP contribution in [0.15, 0.2) is 82.8 Å². The van der Waals surface area contributed by atoms with E-state index in [0.717, 1.165) is 32.1 Å². The van der Waals surface area contributed by atoms with Gasteiger partial charge in [-0.25, -0.2) is 0 Å². The fourth-order valence-electron chi connectivity index (χ4n) is 3.22. The standard InChI is InChI=1S/C23H22N4OS/c1-26(2)23(28)16-10-11-18-20(13-16)27(14-17-7-5-6-12-25-17)15-22(18)29-21-9-4-3-8-19(21)24/h3-13,15H,14,24H2,1-2H3. The van der Waals surface area contributed by atoms with E-state index in [-0.39, 0.29) is 5.91 Å². The molecule has 5 nitrogen and oxygen atoms in total. The summed E-state index contributed by atoms with van der Waals surface area (Å²) in [6.07, 6.45) is 3.91. The van der Waals surface area contributed by atoms with Gasteiger partial charge in [-0.3, -0.25) is 9.78 Å². The molecule has 0 aliphatic heterocycles. The number of nitrogens with two attached hydrogens (primary N) is 1. The quantitative estimate of drug-likeness (QED) is 0.499. The van der Waals surface area contributed by atoms with Crippen molar-refractivity contribution in [3.8, 4) is 0 Å². The van der Waals surface area contributed by atoms with Gasteiger partial charge in [-0.15, -0.1) is 0 Å². The predicted molar refractivity (Wildman–Crippen MR) is 118 cm³/mol. The molecule has 0 radical (unpaired) electrons. The zero-order chi connectivity index (χ0) is 20.4. The van der Waals surface area contributed by atoms with Gasteiger partial charge in [0.1, 0.15) is 0 Å². The molecule has 0 unspecified atom stereocenters. The lowest BCUT2D eigenvalue weighted by Gasteiger charge is -2.11. The zero-order valence-corrected chi connectivity index (χ0v) is 17.2. The van der Waals surface area contributed by atoms with E-state index in [4.69, 9.17) is 5.73 Å². The number of hydrogen-bond acceptors (Lipinski definition) is 4. The second kappa shape index (κ2) is 8.01. The van der Waals surface area contributed by atoms with Crippen molar-refractivity contribution in [3.63, 3.8) is 0 Å². The lowest BCUT2D eigenvalue weighted by Crippen LogP contribution is -2.21. The van der Waals surface area contributed by atoms with E-state index < -0.39 is 0 Å². The first-order chi connectivity index (χ1) is 14.0. The van der Waals surface area contributed by atoms with Gasteiger partial charge in [-0.05, 0) is 36.4 Å². The molecular formula is C23H22N4OS. The van der Waals surface area contributed by atoms with E-state index in [2.05, 4.69) is 15.7 Å². The van der Waals surface area contributed by atoms with Crippen molar-refractivity contribution < 1.29 is 4.79 Å². The average Bonchev–Trinajstić information content (AvgIpc) is 3.06. The van der Waals surface area contributed by atoms with E-state index in [9.17, 15) is 4.79 Å². The van der Waals surface area contributed by atoms with Crippen molar-refractivity contribution in [2.45, 2.75) is 16.3 Å². The maximum Gasteiger partial charge on any atom is 0.253 e. The van der Waals surface area contributed by atoms with Gasteiger partial charge in [0, 0.05) is 52.9 Å². The highest BCUT2D eigenvalue weighted by molar-refractivity contribution is 7.99. The molecular weight excluding hydrogens is 380 g/mol. The third-order valence-corrected chi connectivity index (χ3v) is 5.83. The van der Waals surface area contributed by atoms with Gasteiger partial charge in [0.25, 0.3) is 5.91 Å². The Labute approximate surface area is 174 Å². The molecule has 0 spiro atoms. The highest BCUT2D eigenvalue weighted by atomic mass is 32.2. The minimum absolute atomic E-state index is 0.0148. The number of nitrogens with zero attached hydrogens (tertiary/aromatic N) is 3. The number of amides is 1. The summed E-state index contributed by atoms with van der Waals surface area (Å²) in [6, 6.07) is 19.6. The van der Waals surface area contributed by atoms with Crippen LogP contribution in [0.2, 0.25) is 0 Å². The van der Waals surface area contributed by atoms with Crippen molar-refractivity contribution in [1.29, 1.82) is 0 Å². The molecule has 2 N–H and O–H groups in total. The Hall–Kier alpha value is -3.25. The normalized spacial score (nSPS) is 11.0. The van der Waals surface area contributed by atoms with Crippen LogP contribution in [0, 0.1) is 0 Å². The van der Waals surface area contributed by atoms with Crippen LogP contribution in [0.3, 0.4) is 0 Å². The van der Waals surface area contributed by atoms with Gasteiger partial charge in [-0.2, -0.15) is 0 Å². The van der Waals surface area contributed by atoms with Gasteiger partial charge in [0.2, 0.25) is 0 Å². The summed E-state index contributed by atoms with van der Waals surface area (Å²) in [4.78, 5) is 20.6. The fraction of sp³-hybridized carbons (Fsp3) is 0.130. The minimum Gasteiger partial charge on any atom is -0.398 e. The number of pyridine rings is 1. The molecule has 0 saturated heterocycles. The van der Waals surface area contributed by atoms with E-state index in [1.165, 1.54) is 0 Å². The lowest BCUT2D eigenvalue weighted by atomic mass is 10.1. The van der Waals surface area contributed by atoms with Crippen LogP contribution >= 0.6 is 11.8 Å². The van der Waals surface area contributed by atoms with Crippen molar-refractivity contribution in [3.05, 3.63) is 84.3 Å². The van der Waals surface area contributed by atoms with Crippen LogP contribution in [0.25, 0.3) is 10.9 Å². The van der Waals surface area contributed by atoms with Gasteiger partial charge in [0.15, 0.2) is 0 Å². The second-order valence-electron chi connectivity index (χ2n) is 7.01. The van der Waals surface area contributed by atoms with Gasteiger partial charge in [0.05, 0.1) is 17.8 Å². The van der Waals surface area contributed by atoms with Crippen LogP contribution in [0.1, 0.15) is 16.1 Å². The number of para-hydroxylation sites is 1. The van der Waals surface area contributed by atoms with Crippen molar-refractivity contribution in [1.82, 2.24) is 14.5 Å². The molecule has 146 valence electrons. The molecule has 0 fully saturated rings. The molecule has 2 aromatic heterocycles. The minimum atomic E-state index is -0.0148. The number of nitrogen functional groups attached to an aromatic ring is 1. The molecule has 0 aliphatic rings. The number of hydrogen-bond donors (Lipinski definition) is 1. The van der Waals surface area contributed by atoms with Gasteiger partial charge < -0.3 is 15.2 Å². The largest absolute Gasteiger partial charge is 0.398 e. The molecule has 4 rings (SSSR count). The smallest absolute Gasteiger partial charge is 0.253 e. The molecule has 0 saturated carbocycles. The Balaban J connectivity index is 1.81. The van der Waals surface area contributed by atoms with Crippen molar-refractivity contribution in [2.24, 2.45) is 0 Å². The van der Waals surface area contributed by atoms with Crippen molar-refractivity contribution in [2.75, 3.05) is 19.8 Å². The lowest BCUT2D eigenvalue weighted by molar-refractivity contribution is 0.0827. The molecule has 1 amide bonds. The van der Waals surface area contributed by atoms with Gasteiger partial charge in [-0.1, -0.05) is 36.0 Å². The van der Waals surface area contributed by atoms with Gasteiger partial charge >= 0.3 is 0 Å². The maximum absolute atomic E-state index is 12.5. The summed E-state index contributed by atoms with van der Waals surface area (Å²) >= 11 is 1.63. The van der Waals surface area contributed by atoms with Crippen LogP contribution in [-0.4, -0.2) is 34.5 Å². The summed E-state index contributed by atoms with van der Waals surface area (Å²) in [5, 5.41) is 1.09. The third kappa shape index (κ3) is 3.98.